The molecule has 0 heterocycles. The highest BCUT2D eigenvalue weighted by Gasteiger charge is 2.19. The molecule has 0 fully saturated rings. The zero-order chi connectivity index (χ0) is 55.7. The van der Waals surface area contributed by atoms with Crippen molar-refractivity contribution >= 4 is 17.9 Å². The molecule has 1 unspecified atom stereocenters. The van der Waals surface area contributed by atoms with E-state index in [-0.39, 0.29) is 31.1 Å². The molecule has 6 heteroatoms. The lowest BCUT2D eigenvalue weighted by atomic mass is 10.0. The first-order valence-electron chi connectivity index (χ1n) is 32.7. The monoisotopic (exact) mass is 1070 g/mol. The van der Waals surface area contributed by atoms with E-state index in [0.717, 1.165) is 109 Å². The fraction of sp³-hybridized carbons (Fsp3) is 0.732. The van der Waals surface area contributed by atoms with E-state index in [9.17, 15) is 14.4 Å². The maximum absolute atomic E-state index is 12.9. The summed E-state index contributed by atoms with van der Waals surface area (Å²) < 4.78 is 16.9. The Kier molecular flexibility index (Phi) is 61.8. The van der Waals surface area contributed by atoms with E-state index in [1.54, 1.807) is 0 Å². The van der Waals surface area contributed by atoms with Crippen LogP contribution in [-0.4, -0.2) is 37.2 Å². The fourth-order valence-electron chi connectivity index (χ4n) is 9.21. The van der Waals surface area contributed by atoms with Gasteiger partial charge in [-0.25, -0.2) is 0 Å². The average molecular weight is 1070 g/mol. The van der Waals surface area contributed by atoms with Crippen LogP contribution in [0.3, 0.4) is 0 Å². The highest BCUT2D eigenvalue weighted by Crippen LogP contribution is 2.17. The lowest BCUT2D eigenvalue weighted by Gasteiger charge is -2.18. The van der Waals surface area contributed by atoms with Gasteiger partial charge in [-0.15, -0.1) is 0 Å². The first-order valence-corrected chi connectivity index (χ1v) is 32.7. The Labute approximate surface area is 477 Å². The number of unbranched alkanes of at least 4 members (excludes halogenated alkanes) is 32. The average Bonchev–Trinajstić information content (AvgIpc) is 3.43. The van der Waals surface area contributed by atoms with Crippen molar-refractivity contribution in [2.75, 3.05) is 13.2 Å². The van der Waals surface area contributed by atoms with Gasteiger partial charge >= 0.3 is 17.9 Å². The van der Waals surface area contributed by atoms with Gasteiger partial charge in [-0.1, -0.05) is 279 Å². The summed E-state index contributed by atoms with van der Waals surface area (Å²) in [6, 6.07) is 0. The summed E-state index contributed by atoms with van der Waals surface area (Å²) >= 11 is 0. The Bertz CT molecular complexity index is 1510. The molecule has 0 radical (unpaired) electrons. The Balaban J connectivity index is 4.24. The zero-order valence-electron chi connectivity index (χ0n) is 50.7. The molecule has 0 aromatic carbocycles. The van der Waals surface area contributed by atoms with Crippen LogP contribution in [0.2, 0.25) is 0 Å². The Morgan fingerprint density at radius 3 is 0.818 bits per heavy atom. The second kappa shape index (κ2) is 64.9. The van der Waals surface area contributed by atoms with Crippen molar-refractivity contribution in [1.29, 1.82) is 0 Å². The molecule has 0 spiro atoms. The van der Waals surface area contributed by atoms with Crippen molar-refractivity contribution in [1.82, 2.24) is 0 Å². The van der Waals surface area contributed by atoms with Crippen molar-refractivity contribution in [3.63, 3.8) is 0 Å². The molecule has 0 saturated carbocycles. The van der Waals surface area contributed by atoms with E-state index in [1.807, 2.05) is 0 Å². The van der Waals surface area contributed by atoms with Crippen molar-refractivity contribution in [2.24, 2.45) is 0 Å². The van der Waals surface area contributed by atoms with Crippen molar-refractivity contribution < 1.29 is 28.6 Å². The van der Waals surface area contributed by atoms with Crippen LogP contribution < -0.4 is 0 Å². The standard InChI is InChI=1S/C71H122O6/c1-4-7-10-13-16-19-22-25-27-29-30-31-32-33-34-35-36-37-38-39-40-42-43-46-49-52-55-58-61-64-70(73)76-67-68(66-75-69(72)63-60-57-54-51-48-45-24-21-18-15-12-9-6-3)77-71(74)65-62-59-56-53-50-47-44-41-28-26-23-20-17-14-11-8-5-2/h7,9-10,12,16,18-19,21,25-28,30-31,45,48,68H,4-6,8,11,13-15,17,20,22-24,29,32-44,46-47,49-67H2,1-3H3/b10-7-,12-9-,19-16-,21-18-,27-25-,28-26-,31-30-,48-45-. The molecule has 0 N–H and O–H groups in total. The van der Waals surface area contributed by atoms with E-state index in [0.29, 0.717) is 19.3 Å². The SMILES string of the molecule is CC/C=C\C/C=C\C/C=C\C/C=C\CCCCCCCCCCCCCCCCCCC(=O)OCC(COC(=O)CCCCC/C=C\C/C=C\C/C=C\CC)OC(=O)CCCCCCCCC/C=C\CCCCCCCC. The predicted molar refractivity (Wildman–Crippen MR) is 334 cm³/mol. The minimum atomic E-state index is -0.792. The first-order chi connectivity index (χ1) is 38.0. The van der Waals surface area contributed by atoms with Crippen LogP contribution in [0.5, 0.6) is 0 Å². The van der Waals surface area contributed by atoms with Gasteiger partial charge in [0, 0.05) is 19.3 Å². The minimum Gasteiger partial charge on any atom is -0.462 e. The molecule has 0 aliphatic rings. The summed E-state index contributed by atoms with van der Waals surface area (Å²) in [5.74, 6) is -0.910. The Morgan fingerprint density at radius 2 is 0.506 bits per heavy atom. The molecule has 0 saturated heterocycles. The summed E-state index contributed by atoms with van der Waals surface area (Å²) in [4.78, 5) is 38.3. The number of esters is 3. The maximum Gasteiger partial charge on any atom is 0.306 e. The quantitative estimate of drug-likeness (QED) is 0.0261. The van der Waals surface area contributed by atoms with Crippen LogP contribution in [0.1, 0.15) is 316 Å². The van der Waals surface area contributed by atoms with Gasteiger partial charge in [-0.3, -0.25) is 14.4 Å². The summed E-state index contributed by atoms with van der Waals surface area (Å²) in [5.41, 5.74) is 0. The van der Waals surface area contributed by atoms with E-state index in [2.05, 4.69) is 118 Å². The first kappa shape index (κ1) is 73.3. The Morgan fingerprint density at radius 1 is 0.273 bits per heavy atom. The van der Waals surface area contributed by atoms with Crippen LogP contribution in [0.15, 0.2) is 97.2 Å². The number of carbonyl (C=O) groups is 3. The molecule has 0 aliphatic carbocycles. The van der Waals surface area contributed by atoms with Gasteiger partial charge in [0.2, 0.25) is 0 Å². The van der Waals surface area contributed by atoms with Gasteiger partial charge in [0.15, 0.2) is 6.10 Å². The van der Waals surface area contributed by atoms with Crippen molar-refractivity contribution in [3.05, 3.63) is 97.2 Å². The lowest BCUT2D eigenvalue weighted by molar-refractivity contribution is -0.167. The highest BCUT2D eigenvalue weighted by atomic mass is 16.6. The molecule has 0 aromatic heterocycles. The molecule has 1 atom stereocenters. The summed E-state index contributed by atoms with van der Waals surface area (Å²) in [6.07, 6.45) is 87.1. The molecule has 0 bridgehead atoms. The highest BCUT2D eigenvalue weighted by molar-refractivity contribution is 5.71. The number of hydrogen-bond acceptors (Lipinski definition) is 6. The fourth-order valence-corrected chi connectivity index (χ4v) is 9.21. The second-order valence-electron chi connectivity index (χ2n) is 21.6. The number of carbonyl (C=O) groups excluding carboxylic acids is 3. The summed E-state index contributed by atoms with van der Waals surface area (Å²) in [5, 5.41) is 0. The third-order valence-corrected chi connectivity index (χ3v) is 14.1. The van der Waals surface area contributed by atoms with Gasteiger partial charge < -0.3 is 14.2 Å². The van der Waals surface area contributed by atoms with Crippen LogP contribution in [0.4, 0.5) is 0 Å². The van der Waals surface area contributed by atoms with Crippen molar-refractivity contribution in [3.8, 4) is 0 Å². The maximum atomic E-state index is 12.9. The topological polar surface area (TPSA) is 78.9 Å². The lowest BCUT2D eigenvalue weighted by Crippen LogP contribution is -2.30. The normalized spacial score (nSPS) is 12.7. The third-order valence-electron chi connectivity index (χ3n) is 14.1. The van der Waals surface area contributed by atoms with E-state index >= 15 is 0 Å². The van der Waals surface area contributed by atoms with Gasteiger partial charge in [-0.05, 0) is 116 Å². The van der Waals surface area contributed by atoms with Gasteiger partial charge in [0.05, 0.1) is 0 Å². The largest absolute Gasteiger partial charge is 0.462 e. The predicted octanol–water partition coefficient (Wildman–Crippen LogP) is 22.4. The smallest absolute Gasteiger partial charge is 0.306 e. The summed E-state index contributed by atoms with van der Waals surface area (Å²) in [7, 11) is 0. The summed E-state index contributed by atoms with van der Waals surface area (Å²) in [6.45, 7) is 6.41. The number of ether oxygens (including phenoxy) is 3. The van der Waals surface area contributed by atoms with Gasteiger partial charge in [0.25, 0.3) is 0 Å². The van der Waals surface area contributed by atoms with Crippen LogP contribution >= 0.6 is 0 Å². The molecule has 0 aliphatic heterocycles. The molecular weight excluding hydrogens is 949 g/mol. The third kappa shape index (κ3) is 63.0. The molecule has 77 heavy (non-hydrogen) atoms. The zero-order valence-corrected chi connectivity index (χ0v) is 50.7. The molecule has 6 nitrogen and oxygen atoms in total. The van der Waals surface area contributed by atoms with Gasteiger partial charge in [0.1, 0.15) is 13.2 Å². The Hall–Kier alpha value is -3.67. The number of rotatable bonds is 59. The van der Waals surface area contributed by atoms with E-state index < -0.39 is 6.10 Å². The number of allylic oxidation sites excluding steroid dienone is 16. The minimum absolute atomic E-state index is 0.0865. The van der Waals surface area contributed by atoms with E-state index in [4.69, 9.17) is 14.2 Å². The molecule has 0 aromatic rings. The molecule has 0 amide bonds. The molecule has 0 rings (SSSR count). The van der Waals surface area contributed by atoms with Crippen molar-refractivity contribution in [2.45, 2.75) is 322 Å². The van der Waals surface area contributed by atoms with Crippen LogP contribution in [-0.2, 0) is 28.6 Å². The molecule has 442 valence electrons. The van der Waals surface area contributed by atoms with Crippen LogP contribution in [0, 0.1) is 0 Å². The number of hydrogen-bond donors (Lipinski definition) is 0. The molecular formula is C71H122O6. The van der Waals surface area contributed by atoms with Crippen LogP contribution in [0.25, 0.3) is 0 Å². The second-order valence-corrected chi connectivity index (χ2v) is 21.6. The van der Waals surface area contributed by atoms with E-state index in [1.165, 1.54) is 167 Å². The van der Waals surface area contributed by atoms with Gasteiger partial charge in [-0.2, -0.15) is 0 Å².